The molecule has 1 aromatic heterocycles. The number of aromatic nitrogens is 4. The lowest BCUT2D eigenvalue weighted by atomic mass is 10.3. The molecule has 1 aromatic carbocycles. The van der Waals surface area contributed by atoms with Crippen LogP contribution in [0.1, 0.15) is 0 Å². The molecule has 0 atom stereocenters. The van der Waals surface area contributed by atoms with Crippen LogP contribution >= 0.6 is 11.6 Å². The number of non-ortho nitro benzene ring substituents is 1. The van der Waals surface area contributed by atoms with E-state index in [9.17, 15) is 10.1 Å². The summed E-state index contributed by atoms with van der Waals surface area (Å²) >= 11 is 5.84. The molecule has 0 amide bonds. The molecule has 76 valence electrons. The van der Waals surface area contributed by atoms with Crippen molar-refractivity contribution in [1.82, 2.24) is 20.2 Å². The minimum Gasteiger partial charge on any atom is -0.258 e. The van der Waals surface area contributed by atoms with Gasteiger partial charge in [-0.2, -0.15) is 4.68 Å². The maximum Gasteiger partial charge on any atom is 0.271 e. The van der Waals surface area contributed by atoms with E-state index in [1.807, 2.05) is 0 Å². The summed E-state index contributed by atoms with van der Waals surface area (Å²) in [6, 6.07) is 4.07. The summed E-state index contributed by atoms with van der Waals surface area (Å²) in [5, 5.41) is 21.2. The number of halogens is 1. The Morgan fingerprint density at radius 1 is 1.47 bits per heavy atom. The second-order valence-corrected chi connectivity index (χ2v) is 3.05. The van der Waals surface area contributed by atoms with Gasteiger partial charge < -0.3 is 0 Å². The third kappa shape index (κ3) is 1.77. The highest BCUT2D eigenvalue weighted by atomic mass is 35.5. The zero-order valence-corrected chi connectivity index (χ0v) is 8.00. The van der Waals surface area contributed by atoms with Crippen LogP contribution in [0.4, 0.5) is 5.69 Å². The Labute approximate surface area is 88.4 Å². The summed E-state index contributed by atoms with van der Waals surface area (Å²) in [6.07, 6.45) is 1.35. The van der Waals surface area contributed by atoms with Gasteiger partial charge in [-0.25, -0.2) is 0 Å². The molecule has 7 nitrogen and oxygen atoms in total. The Hall–Kier alpha value is -2.02. The highest BCUT2D eigenvalue weighted by molar-refractivity contribution is 6.32. The second kappa shape index (κ2) is 3.62. The Bertz CT molecular complexity index is 498. The summed E-state index contributed by atoms with van der Waals surface area (Å²) in [6.45, 7) is 0. The van der Waals surface area contributed by atoms with E-state index in [-0.39, 0.29) is 10.7 Å². The zero-order chi connectivity index (χ0) is 10.8. The van der Waals surface area contributed by atoms with E-state index in [0.717, 1.165) is 0 Å². The third-order valence-corrected chi connectivity index (χ3v) is 2.04. The molecule has 0 fully saturated rings. The van der Waals surface area contributed by atoms with Crippen molar-refractivity contribution in [3.63, 3.8) is 0 Å². The van der Waals surface area contributed by atoms with Gasteiger partial charge in [0.05, 0.1) is 15.6 Å². The van der Waals surface area contributed by atoms with E-state index < -0.39 is 4.92 Å². The SMILES string of the molecule is O=[N+]([O-])c1ccc(-n2cnnn2)c(Cl)c1. The highest BCUT2D eigenvalue weighted by Crippen LogP contribution is 2.24. The van der Waals surface area contributed by atoms with Gasteiger partial charge in [0.2, 0.25) is 0 Å². The van der Waals surface area contributed by atoms with Gasteiger partial charge in [-0.1, -0.05) is 11.6 Å². The van der Waals surface area contributed by atoms with Crippen LogP contribution in [0.15, 0.2) is 24.5 Å². The molecule has 0 spiro atoms. The van der Waals surface area contributed by atoms with Gasteiger partial charge in [-0.3, -0.25) is 10.1 Å². The topological polar surface area (TPSA) is 86.7 Å². The normalized spacial score (nSPS) is 10.2. The standard InChI is InChI=1S/C7H4ClN5O2/c8-6-3-5(13(14)15)1-2-7(6)12-4-9-10-11-12/h1-4H. The first-order chi connectivity index (χ1) is 7.18. The van der Waals surface area contributed by atoms with Crippen molar-refractivity contribution < 1.29 is 4.92 Å². The Morgan fingerprint density at radius 2 is 2.27 bits per heavy atom. The third-order valence-electron chi connectivity index (χ3n) is 1.74. The highest BCUT2D eigenvalue weighted by Gasteiger charge is 2.10. The van der Waals surface area contributed by atoms with Gasteiger partial charge in [0.15, 0.2) is 0 Å². The van der Waals surface area contributed by atoms with Crippen molar-refractivity contribution >= 4 is 17.3 Å². The van der Waals surface area contributed by atoms with E-state index in [0.29, 0.717) is 5.69 Å². The van der Waals surface area contributed by atoms with E-state index >= 15 is 0 Å². The van der Waals surface area contributed by atoms with Crippen LogP contribution in [0.5, 0.6) is 0 Å². The summed E-state index contributed by atoms with van der Waals surface area (Å²) in [5.41, 5.74) is 0.420. The number of rotatable bonds is 2. The number of tetrazole rings is 1. The lowest BCUT2D eigenvalue weighted by Gasteiger charge is -2.01. The predicted octanol–water partition coefficient (Wildman–Crippen LogP) is 1.22. The van der Waals surface area contributed by atoms with Gasteiger partial charge >= 0.3 is 0 Å². The van der Waals surface area contributed by atoms with Gasteiger partial charge in [0, 0.05) is 12.1 Å². The molecule has 0 N–H and O–H groups in total. The summed E-state index contributed by atoms with van der Waals surface area (Å²) in [4.78, 5) is 9.93. The first-order valence-electron chi connectivity index (χ1n) is 3.86. The average Bonchev–Trinajstić information content (AvgIpc) is 2.70. The van der Waals surface area contributed by atoms with Crippen LogP contribution in [-0.2, 0) is 0 Å². The molecule has 0 aliphatic carbocycles. The molecule has 0 radical (unpaired) electrons. The molecule has 2 aromatic rings. The quantitative estimate of drug-likeness (QED) is 0.567. The minimum absolute atomic E-state index is 0.0724. The van der Waals surface area contributed by atoms with E-state index in [2.05, 4.69) is 15.5 Å². The summed E-state index contributed by atoms with van der Waals surface area (Å²) in [7, 11) is 0. The van der Waals surface area contributed by atoms with Crippen molar-refractivity contribution in [2.24, 2.45) is 0 Å². The van der Waals surface area contributed by atoms with Crippen molar-refractivity contribution in [1.29, 1.82) is 0 Å². The van der Waals surface area contributed by atoms with Gasteiger partial charge in [-0.15, -0.1) is 5.10 Å². The van der Waals surface area contributed by atoms with Crippen LogP contribution in [0.2, 0.25) is 5.02 Å². The van der Waals surface area contributed by atoms with Crippen LogP contribution in [0.25, 0.3) is 5.69 Å². The number of nitro groups is 1. The fourth-order valence-corrected chi connectivity index (χ4v) is 1.33. The number of nitro benzene ring substituents is 1. The van der Waals surface area contributed by atoms with E-state index in [1.54, 1.807) is 0 Å². The van der Waals surface area contributed by atoms with Crippen molar-refractivity contribution in [2.45, 2.75) is 0 Å². The Morgan fingerprint density at radius 3 is 2.80 bits per heavy atom. The van der Waals surface area contributed by atoms with Crippen molar-refractivity contribution in [3.05, 3.63) is 39.7 Å². The van der Waals surface area contributed by atoms with Crippen LogP contribution < -0.4 is 0 Å². The first-order valence-corrected chi connectivity index (χ1v) is 4.23. The zero-order valence-electron chi connectivity index (χ0n) is 7.24. The number of nitrogens with zero attached hydrogens (tertiary/aromatic N) is 5. The predicted molar refractivity (Wildman–Crippen MR) is 50.8 cm³/mol. The number of benzene rings is 1. The van der Waals surface area contributed by atoms with Crippen LogP contribution in [0.3, 0.4) is 0 Å². The molecule has 2 rings (SSSR count). The largest absolute Gasteiger partial charge is 0.271 e. The lowest BCUT2D eigenvalue weighted by molar-refractivity contribution is -0.384. The Kier molecular flexibility index (Phi) is 2.30. The fraction of sp³-hybridized carbons (Fsp3) is 0. The number of hydrogen-bond donors (Lipinski definition) is 0. The molecule has 8 heteroatoms. The average molecular weight is 226 g/mol. The first kappa shape index (κ1) is 9.53. The van der Waals surface area contributed by atoms with Gasteiger partial charge in [-0.05, 0) is 16.5 Å². The summed E-state index contributed by atoms with van der Waals surface area (Å²) in [5.74, 6) is 0. The maximum absolute atomic E-state index is 10.5. The minimum atomic E-state index is -0.519. The van der Waals surface area contributed by atoms with Crippen molar-refractivity contribution in [3.8, 4) is 5.69 Å². The molecule has 0 aliphatic heterocycles. The molecule has 0 saturated heterocycles. The fourth-order valence-electron chi connectivity index (χ4n) is 1.07. The van der Waals surface area contributed by atoms with Gasteiger partial charge in [0.25, 0.3) is 5.69 Å². The van der Waals surface area contributed by atoms with Crippen LogP contribution in [0, 0.1) is 10.1 Å². The van der Waals surface area contributed by atoms with E-state index in [4.69, 9.17) is 11.6 Å². The Balaban J connectivity index is 2.48. The molecule has 0 saturated carbocycles. The lowest BCUT2D eigenvalue weighted by Crippen LogP contribution is -1.97. The molecule has 0 unspecified atom stereocenters. The van der Waals surface area contributed by atoms with Gasteiger partial charge in [0.1, 0.15) is 6.33 Å². The van der Waals surface area contributed by atoms with Crippen molar-refractivity contribution in [2.75, 3.05) is 0 Å². The molecule has 0 aliphatic rings. The summed E-state index contributed by atoms with van der Waals surface area (Å²) < 4.78 is 1.33. The molecule has 1 heterocycles. The second-order valence-electron chi connectivity index (χ2n) is 2.65. The molecule has 0 bridgehead atoms. The molecular weight excluding hydrogens is 222 g/mol. The molecular formula is C7H4ClN5O2. The smallest absolute Gasteiger partial charge is 0.258 e. The maximum atomic E-state index is 10.5. The number of hydrogen-bond acceptors (Lipinski definition) is 5. The van der Waals surface area contributed by atoms with Crippen LogP contribution in [-0.4, -0.2) is 25.1 Å². The molecule has 15 heavy (non-hydrogen) atoms. The monoisotopic (exact) mass is 225 g/mol. The van der Waals surface area contributed by atoms with E-state index in [1.165, 1.54) is 29.2 Å².